The van der Waals surface area contributed by atoms with Crippen LogP contribution in [0.5, 0.6) is 0 Å². The summed E-state index contributed by atoms with van der Waals surface area (Å²) in [6.07, 6.45) is 10.5. The van der Waals surface area contributed by atoms with Gasteiger partial charge in [0.15, 0.2) is 0 Å². The van der Waals surface area contributed by atoms with Crippen LogP contribution in [0.25, 0.3) is 0 Å². The van der Waals surface area contributed by atoms with Gasteiger partial charge in [-0.3, -0.25) is 4.98 Å². The molecule has 0 aromatic carbocycles. The van der Waals surface area contributed by atoms with Crippen LogP contribution in [0.4, 0.5) is 0 Å². The third kappa shape index (κ3) is 4.03. The Morgan fingerprint density at radius 2 is 1.94 bits per heavy atom. The molecule has 0 amide bonds. The zero-order chi connectivity index (χ0) is 11.2. The maximum atomic E-state index is 5.39. The normalized spacial score (nSPS) is 14.1. The second-order valence-corrected chi connectivity index (χ2v) is 4.40. The smallest absolute Gasteiger partial charge is 0.0921 e. The predicted molar refractivity (Wildman–Crippen MR) is 64.5 cm³/mol. The lowest BCUT2D eigenvalue weighted by atomic mass is 10.2. The Morgan fingerprint density at radius 1 is 1.25 bits per heavy atom. The Kier molecular flexibility index (Phi) is 3.94. The molecule has 0 radical (unpaired) electrons. The summed E-state index contributed by atoms with van der Waals surface area (Å²) in [7, 11) is 0. The molecule has 2 aromatic heterocycles. The molecule has 1 N–H and O–H groups in total. The van der Waals surface area contributed by atoms with E-state index in [2.05, 4.69) is 15.0 Å². The second-order valence-electron chi connectivity index (χ2n) is 3.78. The van der Waals surface area contributed by atoms with E-state index in [-0.39, 0.29) is 0 Å². The van der Waals surface area contributed by atoms with E-state index >= 15 is 0 Å². The Labute approximate surface area is 99.9 Å². The number of halogens is 1. The molecule has 2 aromatic rings. The van der Waals surface area contributed by atoms with Crippen molar-refractivity contribution >= 4 is 11.6 Å². The van der Waals surface area contributed by atoms with E-state index in [0.717, 1.165) is 12.1 Å². The summed E-state index contributed by atoms with van der Waals surface area (Å²) >= 11 is 5.39. The van der Waals surface area contributed by atoms with Gasteiger partial charge in [-0.1, -0.05) is 0 Å². The average molecular weight is 236 g/mol. The monoisotopic (exact) mass is 235 g/mol. The van der Waals surface area contributed by atoms with Gasteiger partial charge in [0.1, 0.15) is 0 Å². The van der Waals surface area contributed by atoms with Crippen LogP contribution in [0.2, 0.25) is 0 Å². The summed E-state index contributed by atoms with van der Waals surface area (Å²) in [5.74, 6) is 0. The molecule has 0 bridgehead atoms. The zero-order valence-electron chi connectivity index (χ0n) is 8.94. The fraction of sp³-hybridized carbons (Fsp3) is 0.333. The van der Waals surface area contributed by atoms with Crippen molar-refractivity contribution in [1.82, 2.24) is 15.0 Å². The van der Waals surface area contributed by atoms with E-state index in [1.165, 1.54) is 18.4 Å². The highest BCUT2D eigenvalue weighted by Crippen LogP contribution is 2.25. The molecule has 0 spiro atoms. The largest absolute Gasteiger partial charge is 0.348 e. The van der Waals surface area contributed by atoms with Gasteiger partial charge in [-0.15, -0.1) is 11.6 Å². The van der Waals surface area contributed by atoms with Gasteiger partial charge in [0.05, 0.1) is 6.33 Å². The summed E-state index contributed by atoms with van der Waals surface area (Å²) < 4.78 is 0. The number of nitrogens with one attached hydrogen (secondary N) is 1. The quantitative estimate of drug-likeness (QED) is 0.814. The van der Waals surface area contributed by atoms with Crippen molar-refractivity contribution < 1.29 is 0 Å². The van der Waals surface area contributed by atoms with Crippen LogP contribution in [0.1, 0.15) is 24.1 Å². The van der Waals surface area contributed by atoms with Crippen LogP contribution in [0.15, 0.2) is 37.1 Å². The van der Waals surface area contributed by atoms with E-state index in [1.807, 2.05) is 18.3 Å². The topological polar surface area (TPSA) is 41.6 Å². The molecule has 2 heterocycles. The van der Waals surface area contributed by atoms with Crippen molar-refractivity contribution in [2.45, 2.75) is 24.6 Å². The third-order valence-electron chi connectivity index (χ3n) is 2.21. The lowest BCUT2D eigenvalue weighted by molar-refractivity contribution is 1.09. The Bertz CT molecular complexity index is 395. The van der Waals surface area contributed by atoms with Crippen LogP contribution < -0.4 is 0 Å². The number of imidazole rings is 1. The maximum absolute atomic E-state index is 5.39. The van der Waals surface area contributed by atoms with Gasteiger partial charge < -0.3 is 4.98 Å². The fourth-order valence-corrected chi connectivity index (χ4v) is 1.29. The minimum absolute atomic E-state index is 0.556. The molecule has 1 aliphatic rings. The average Bonchev–Trinajstić information content (AvgIpc) is 2.93. The molecule has 3 rings (SSSR count). The van der Waals surface area contributed by atoms with E-state index < -0.39 is 0 Å². The van der Waals surface area contributed by atoms with Gasteiger partial charge in [-0.05, 0) is 30.5 Å². The minimum Gasteiger partial charge on any atom is -0.348 e. The highest BCUT2D eigenvalue weighted by atomic mass is 35.5. The molecule has 0 aliphatic heterocycles. The number of aromatic nitrogens is 3. The van der Waals surface area contributed by atoms with Gasteiger partial charge in [0.2, 0.25) is 0 Å². The van der Waals surface area contributed by atoms with Crippen molar-refractivity contribution in [2.24, 2.45) is 0 Å². The van der Waals surface area contributed by atoms with E-state index in [4.69, 9.17) is 11.6 Å². The molecule has 1 fully saturated rings. The predicted octanol–water partition coefficient (Wildman–Crippen LogP) is 2.78. The minimum atomic E-state index is 0.556. The van der Waals surface area contributed by atoms with E-state index in [1.54, 1.807) is 18.7 Å². The summed E-state index contributed by atoms with van der Waals surface area (Å²) in [5, 5.41) is 0.556. The van der Waals surface area contributed by atoms with Crippen molar-refractivity contribution in [2.75, 3.05) is 0 Å². The first-order valence-corrected chi connectivity index (χ1v) is 5.78. The highest BCUT2D eigenvalue weighted by Gasteiger charge is 2.15. The van der Waals surface area contributed by atoms with Gasteiger partial charge >= 0.3 is 0 Å². The molecule has 1 saturated carbocycles. The standard InChI is InChI=1S/C9H9N3.C3H5Cl/c1-3-10-4-2-8(1)5-9-6-11-7-12-9;4-3-1-2-3/h1-4,6-7H,5H2,(H,11,12);3H,1-2H2. The summed E-state index contributed by atoms with van der Waals surface area (Å²) in [4.78, 5) is 11.0. The number of alkyl halides is 1. The number of rotatable bonds is 2. The Balaban J connectivity index is 0.000000203. The number of nitrogens with zero attached hydrogens (tertiary/aromatic N) is 2. The van der Waals surface area contributed by atoms with Gasteiger partial charge in [0, 0.05) is 36.1 Å². The Morgan fingerprint density at radius 3 is 2.44 bits per heavy atom. The zero-order valence-corrected chi connectivity index (χ0v) is 9.69. The molecule has 3 nitrogen and oxygen atoms in total. The first-order chi connectivity index (χ1) is 7.84. The molecule has 0 saturated heterocycles. The molecule has 16 heavy (non-hydrogen) atoms. The number of hydrogen-bond acceptors (Lipinski definition) is 2. The fourth-order valence-electron chi connectivity index (χ4n) is 1.16. The second kappa shape index (κ2) is 5.66. The molecule has 1 aliphatic carbocycles. The van der Waals surface area contributed by atoms with Crippen LogP contribution in [0, 0.1) is 0 Å². The van der Waals surface area contributed by atoms with Gasteiger partial charge in [-0.25, -0.2) is 4.98 Å². The highest BCUT2D eigenvalue weighted by molar-refractivity contribution is 6.22. The summed E-state index contributed by atoms with van der Waals surface area (Å²) in [5.41, 5.74) is 2.37. The number of aromatic amines is 1. The molecular formula is C12H14ClN3. The third-order valence-corrected chi connectivity index (χ3v) is 2.64. The number of hydrogen-bond donors (Lipinski definition) is 1. The molecule has 4 heteroatoms. The molecule has 0 atom stereocenters. The number of H-pyrrole nitrogens is 1. The molecular weight excluding hydrogens is 222 g/mol. The van der Waals surface area contributed by atoms with E-state index in [0.29, 0.717) is 5.38 Å². The molecule has 0 unspecified atom stereocenters. The summed E-state index contributed by atoms with van der Waals surface area (Å²) in [6.45, 7) is 0. The van der Waals surface area contributed by atoms with Crippen LogP contribution in [0.3, 0.4) is 0 Å². The van der Waals surface area contributed by atoms with Gasteiger partial charge in [-0.2, -0.15) is 0 Å². The maximum Gasteiger partial charge on any atom is 0.0921 e. The lowest BCUT2D eigenvalue weighted by Gasteiger charge is -1.95. The number of pyridine rings is 1. The lowest BCUT2D eigenvalue weighted by Crippen LogP contribution is -1.87. The van der Waals surface area contributed by atoms with E-state index in [9.17, 15) is 0 Å². The van der Waals surface area contributed by atoms with Crippen molar-refractivity contribution in [3.8, 4) is 0 Å². The Hall–Kier alpha value is -1.35. The van der Waals surface area contributed by atoms with Crippen molar-refractivity contribution in [3.05, 3.63) is 48.3 Å². The molecule has 84 valence electrons. The van der Waals surface area contributed by atoms with Crippen LogP contribution in [-0.2, 0) is 6.42 Å². The SMILES string of the molecule is ClC1CC1.c1cc(Cc2cnc[nH]2)ccn1. The van der Waals surface area contributed by atoms with Crippen molar-refractivity contribution in [3.63, 3.8) is 0 Å². The van der Waals surface area contributed by atoms with Gasteiger partial charge in [0.25, 0.3) is 0 Å². The van der Waals surface area contributed by atoms with Crippen LogP contribution >= 0.6 is 11.6 Å². The van der Waals surface area contributed by atoms with Crippen LogP contribution in [-0.4, -0.2) is 20.3 Å². The first kappa shape index (κ1) is 11.1. The summed E-state index contributed by atoms with van der Waals surface area (Å²) in [6, 6.07) is 4.00. The first-order valence-electron chi connectivity index (χ1n) is 5.35. The van der Waals surface area contributed by atoms with Crippen molar-refractivity contribution in [1.29, 1.82) is 0 Å².